The Hall–Kier alpha value is -2.59. The Morgan fingerprint density at radius 1 is 1.11 bits per heavy atom. The highest BCUT2D eigenvalue weighted by atomic mass is 16.1. The Morgan fingerprint density at radius 3 is 2.61 bits per heavy atom. The van der Waals surface area contributed by atoms with Crippen molar-refractivity contribution in [3.63, 3.8) is 0 Å². The van der Waals surface area contributed by atoms with Crippen molar-refractivity contribution in [2.75, 3.05) is 13.1 Å². The zero-order valence-electron chi connectivity index (χ0n) is 17.1. The first-order valence-electron chi connectivity index (χ1n) is 10.1. The van der Waals surface area contributed by atoms with Crippen LogP contribution in [-0.2, 0) is 13.6 Å². The van der Waals surface area contributed by atoms with Gasteiger partial charge in [0.25, 0.3) is 0 Å². The van der Waals surface area contributed by atoms with Gasteiger partial charge in [0.1, 0.15) is 0 Å². The quantitative estimate of drug-likeness (QED) is 0.593. The molecule has 0 spiro atoms. The van der Waals surface area contributed by atoms with Gasteiger partial charge in [0, 0.05) is 42.4 Å². The molecule has 0 radical (unpaired) electrons. The summed E-state index contributed by atoms with van der Waals surface area (Å²) in [5.74, 6) is 0.230. The number of rotatable bonds is 6. The molecule has 4 nitrogen and oxygen atoms in total. The van der Waals surface area contributed by atoms with Gasteiger partial charge >= 0.3 is 0 Å². The predicted octanol–water partition coefficient (Wildman–Crippen LogP) is 4.51. The molecule has 0 saturated carbocycles. The van der Waals surface area contributed by atoms with Crippen LogP contribution >= 0.6 is 0 Å². The first kappa shape index (κ1) is 18.8. The Balaban J connectivity index is 1.52. The summed E-state index contributed by atoms with van der Waals surface area (Å²) >= 11 is 0. The number of likely N-dealkylation sites (tertiary alicyclic amines) is 1. The molecule has 28 heavy (non-hydrogen) atoms. The van der Waals surface area contributed by atoms with Gasteiger partial charge in [0.2, 0.25) is 0 Å². The van der Waals surface area contributed by atoms with Gasteiger partial charge in [-0.3, -0.25) is 9.69 Å². The highest BCUT2D eigenvalue weighted by Gasteiger charge is 2.30. The molecule has 1 aliphatic rings. The molecule has 0 aliphatic carbocycles. The van der Waals surface area contributed by atoms with E-state index in [1.807, 2.05) is 6.07 Å². The lowest BCUT2D eigenvalue weighted by atomic mass is 10.1. The molecular weight excluding hydrogens is 346 g/mol. The van der Waals surface area contributed by atoms with E-state index in [9.17, 15) is 4.79 Å². The second-order valence-corrected chi connectivity index (χ2v) is 7.95. The lowest BCUT2D eigenvalue weighted by molar-refractivity contribution is 0.0918. The molecule has 4 rings (SSSR count). The van der Waals surface area contributed by atoms with Crippen molar-refractivity contribution in [1.29, 1.82) is 0 Å². The van der Waals surface area contributed by atoms with Gasteiger partial charge in [-0.25, -0.2) is 0 Å². The molecule has 3 aromatic rings. The lowest BCUT2D eigenvalue weighted by Crippen LogP contribution is -2.30. The average Bonchev–Trinajstić information content (AvgIpc) is 3.38. The number of hydrogen-bond donors (Lipinski definition) is 0. The number of nitrogens with zero attached hydrogens (tertiary/aromatic N) is 3. The Kier molecular flexibility index (Phi) is 5.23. The van der Waals surface area contributed by atoms with Gasteiger partial charge in [-0.15, -0.1) is 0 Å². The van der Waals surface area contributed by atoms with E-state index in [2.05, 4.69) is 83.6 Å². The van der Waals surface area contributed by atoms with Gasteiger partial charge in [-0.2, -0.15) is 0 Å². The van der Waals surface area contributed by atoms with E-state index < -0.39 is 0 Å². The van der Waals surface area contributed by atoms with E-state index >= 15 is 0 Å². The van der Waals surface area contributed by atoms with Crippen molar-refractivity contribution in [3.05, 3.63) is 82.9 Å². The molecule has 2 aromatic heterocycles. The summed E-state index contributed by atoms with van der Waals surface area (Å²) in [6, 6.07) is 17.1. The molecule has 0 bridgehead atoms. The summed E-state index contributed by atoms with van der Waals surface area (Å²) in [5.41, 5.74) is 5.64. The minimum Gasteiger partial charge on any atom is -0.353 e. The molecule has 146 valence electrons. The number of carbonyl (C=O) groups excluding carboxylic acids is 1. The van der Waals surface area contributed by atoms with E-state index in [4.69, 9.17) is 0 Å². The highest BCUT2D eigenvalue weighted by Crippen LogP contribution is 2.32. The summed E-state index contributed by atoms with van der Waals surface area (Å²) in [6.45, 7) is 6.45. The number of benzene rings is 1. The van der Waals surface area contributed by atoms with E-state index in [-0.39, 0.29) is 5.78 Å². The van der Waals surface area contributed by atoms with E-state index in [1.54, 1.807) is 0 Å². The van der Waals surface area contributed by atoms with E-state index in [0.29, 0.717) is 12.6 Å². The first-order chi connectivity index (χ1) is 13.5. The van der Waals surface area contributed by atoms with E-state index in [0.717, 1.165) is 42.9 Å². The minimum absolute atomic E-state index is 0.230. The molecule has 4 heteroatoms. The molecule has 1 aliphatic heterocycles. The van der Waals surface area contributed by atoms with Crippen molar-refractivity contribution in [2.45, 2.75) is 39.3 Å². The third kappa shape index (κ3) is 3.57. The van der Waals surface area contributed by atoms with Crippen LogP contribution < -0.4 is 0 Å². The summed E-state index contributed by atoms with van der Waals surface area (Å²) in [7, 11) is 2.09. The fourth-order valence-electron chi connectivity index (χ4n) is 4.53. The highest BCUT2D eigenvalue weighted by molar-refractivity contribution is 5.99. The third-order valence-corrected chi connectivity index (χ3v) is 6.09. The average molecular weight is 376 g/mol. The Labute approximate surface area is 167 Å². The van der Waals surface area contributed by atoms with E-state index in [1.165, 1.54) is 11.3 Å². The number of aromatic nitrogens is 2. The van der Waals surface area contributed by atoms with Gasteiger partial charge in [-0.1, -0.05) is 30.3 Å². The van der Waals surface area contributed by atoms with Crippen molar-refractivity contribution in [3.8, 4) is 0 Å². The summed E-state index contributed by atoms with van der Waals surface area (Å²) < 4.78 is 4.43. The summed E-state index contributed by atoms with van der Waals surface area (Å²) in [6.07, 6.45) is 4.36. The zero-order valence-corrected chi connectivity index (χ0v) is 17.1. The van der Waals surface area contributed by atoms with Crippen LogP contribution in [0.2, 0.25) is 0 Å². The zero-order chi connectivity index (χ0) is 19.7. The Bertz CT molecular complexity index is 967. The van der Waals surface area contributed by atoms with Crippen molar-refractivity contribution in [2.24, 2.45) is 7.05 Å². The number of ketones is 1. The molecular formula is C24H29N3O. The van der Waals surface area contributed by atoms with Crippen molar-refractivity contribution < 1.29 is 4.79 Å². The van der Waals surface area contributed by atoms with Gasteiger partial charge in [0.15, 0.2) is 5.78 Å². The largest absolute Gasteiger partial charge is 0.353 e. The maximum absolute atomic E-state index is 13.2. The van der Waals surface area contributed by atoms with Crippen LogP contribution in [0.5, 0.6) is 0 Å². The molecule has 3 heterocycles. The number of aryl methyl sites for hydroxylation is 2. The predicted molar refractivity (Wildman–Crippen MR) is 113 cm³/mol. The second-order valence-electron chi connectivity index (χ2n) is 7.95. The number of hydrogen-bond acceptors (Lipinski definition) is 2. The summed E-state index contributed by atoms with van der Waals surface area (Å²) in [5, 5.41) is 0. The Morgan fingerprint density at radius 2 is 1.89 bits per heavy atom. The van der Waals surface area contributed by atoms with Crippen LogP contribution in [0.1, 0.15) is 51.9 Å². The molecule has 0 amide bonds. The van der Waals surface area contributed by atoms with Crippen LogP contribution in [0.3, 0.4) is 0 Å². The first-order valence-corrected chi connectivity index (χ1v) is 10.1. The molecule has 1 fully saturated rings. The SMILES string of the molecule is Cc1cc(C(=O)CN2CCCC2c2cccn2C)c(C)n1Cc1ccccc1. The third-order valence-electron chi connectivity index (χ3n) is 6.09. The smallest absolute Gasteiger partial charge is 0.178 e. The maximum Gasteiger partial charge on any atom is 0.178 e. The van der Waals surface area contributed by atoms with Crippen molar-refractivity contribution in [1.82, 2.24) is 14.0 Å². The second kappa shape index (κ2) is 7.80. The number of Topliss-reactive ketones (excluding diaryl/α,β-unsaturated/α-hetero) is 1. The monoisotopic (exact) mass is 375 g/mol. The fourth-order valence-corrected chi connectivity index (χ4v) is 4.53. The topological polar surface area (TPSA) is 30.2 Å². The van der Waals surface area contributed by atoms with Crippen LogP contribution in [-0.4, -0.2) is 32.9 Å². The van der Waals surface area contributed by atoms with Gasteiger partial charge < -0.3 is 9.13 Å². The molecule has 1 saturated heterocycles. The molecule has 1 aromatic carbocycles. The lowest BCUT2D eigenvalue weighted by Gasteiger charge is -2.24. The van der Waals surface area contributed by atoms with Crippen LogP contribution in [0, 0.1) is 13.8 Å². The van der Waals surface area contributed by atoms with Crippen LogP contribution in [0.4, 0.5) is 0 Å². The van der Waals surface area contributed by atoms with Gasteiger partial charge in [-0.05, 0) is 57.0 Å². The standard InChI is InChI=1S/C24H29N3O/c1-18-15-21(19(2)27(18)16-20-9-5-4-6-10-20)24(28)17-26-14-8-12-23(26)22-11-7-13-25(22)3/h4-7,9-11,13,15,23H,8,12,14,16-17H2,1-3H3. The van der Waals surface area contributed by atoms with Crippen LogP contribution in [0.15, 0.2) is 54.7 Å². The molecule has 0 N–H and O–H groups in total. The molecule has 1 atom stereocenters. The minimum atomic E-state index is 0.230. The van der Waals surface area contributed by atoms with Crippen molar-refractivity contribution >= 4 is 5.78 Å². The normalized spacial score (nSPS) is 17.3. The summed E-state index contributed by atoms with van der Waals surface area (Å²) in [4.78, 5) is 15.5. The van der Waals surface area contributed by atoms with Crippen LogP contribution in [0.25, 0.3) is 0 Å². The fraction of sp³-hybridized carbons (Fsp3) is 0.375. The maximum atomic E-state index is 13.2. The van der Waals surface area contributed by atoms with Gasteiger partial charge in [0.05, 0.1) is 12.6 Å². The number of carbonyl (C=O) groups is 1. The molecule has 1 unspecified atom stereocenters.